The van der Waals surface area contributed by atoms with E-state index in [9.17, 15) is 18.0 Å². The molecule has 0 radical (unpaired) electrons. The van der Waals surface area contributed by atoms with Crippen molar-refractivity contribution in [2.24, 2.45) is 0 Å². The highest BCUT2D eigenvalue weighted by atomic mass is 32.2. The summed E-state index contributed by atoms with van der Waals surface area (Å²) in [7, 11) is -3.12. The van der Waals surface area contributed by atoms with Gasteiger partial charge < -0.3 is 24.0 Å². The standard InChI is InChI=1S/C37H52N6O7S/c1-22-15-24(25-16-26-9-10-27(17-25)42(26)28-19-41(20-28)34(44)49-36(3,4)5)18-29-31(22)48-23(2)30-32(40-11-13-51(46,47)14-12-40)38-21-39-33(30)43(29)35(45)50-37(6,7)8/h15,18,21,23,25-28H,9-14,16-17,19-20H2,1-8H3/t23-,25?,26?,27?/m1/s1. The molecule has 13 nitrogen and oxygen atoms in total. The van der Waals surface area contributed by atoms with Crippen LogP contribution in [0.4, 0.5) is 26.9 Å². The van der Waals surface area contributed by atoms with Crippen LogP contribution in [-0.2, 0) is 19.3 Å². The minimum atomic E-state index is -3.12. The number of fused-ring (bicyclic) bond motifs is 4. The average molecular weight is 725 g/mol. The highest BCUT2D eigenvalue weighted by molar-refractivity contribution is 7.91. The fourth-order valence-corrected chi connectivity index (χ4v) is 9.68. The van der Waals surface area contributed by atoms with Gasteiger partial charge in [-0.2, -0.15) is 0 Å². The van der Waals surface area contributed by atoms with Crippen LogP contribution in [-0.4, -0.2) is 107 Å². The summed E-state index contributed by atoms with van der Waals surface area (Å²) in [5.74, 6) is 1.86. The molecule has 2 unspecified atom stereocenters. The van der Waals surface area contributed by atoms with Crippen LogP contribution in [0.5, 0.6) is 5.75 Å². The van der Waals surface area contributed by atoms with Crippen molar-refractivity contribution in [1.29, 1.82) is 0 Å². The summed E-state index contributed by atoms with van der Waals surface area (Å²) < 4.78 is 42.9. The van der Waals surface area contributed by atoms with Gasteiger partial charge >= 0.3 is 12.2 Å². The zero-order chi connectivity index (χ0) is 36.6. The molecule has 4 fully saturated rings. The first kappa shape index (κ1) is 35.7. The Kier molecular flexibility index (Phi) is 8.96. The van der Waals surface area contributed by atoms with Crippen LogP contribution in [0.25, 0.3) is 0 Å². The summed E-state index contributed by atoms with van der Waals surface area (Å²) in [6, 6.07) is 5.45. The number of anilines is 3. The summed E-state index contributed by atoms with van der Waals surface area (Å²) in [6.07, 6.45) is 4.32. The molecule has 6 heterocycles. The molecule has 4 saturated heterocycles. The monoisotopic (exact) mass is 724 g/mol. The first-order valence-electron chi connectivity index (χ1n) is 18.3. The lowest BCUT2D eigenvalue weighted by atomic mass is 9.82. The maximum Gasteiger partial charge on any atom is 0.420 e. The van der Waals surface area contributed by atoms with Crippen molar-refractivity contribution in [3.63, 3.8) is 0 Å². The summed E-state index contributed by atoms with van der Waals surface area (Å²) in [6.45, 7) is 17.1. The third-order valence-corrected chi connectivity index (χ3v) is 12.3. The van der Waals surface area contributed by atoms with E-state index in [0.29, 0.717) is 72.9 Å². The SMILES string of the molecule is Cc1cc(C2CC3CCC(C2)N3C2CN(C(=O)OC(C)(C)C)C2)cc2c1O[C@H](C)c1c(N3CCS(=O)(=O)CC3)ncnc1N2C(=O)OC(C)(C)C. The molecule has 5 aliphatic heterocycles. The summed E-state index contributed by atoms with van der Waals surface area (Å²) in [5.41, 5.74) is 1.98. The fraction of sp³-hybridized carbons (Fsp3) is 0.676. The van der Waals surface area contributed by atoms with Crippen molar-refractivity contribution in [2.45, 2.75) is 122 Å². The van der Waals surface area contributed by atoms with Gasteiger partial charge in [-0.3, -0.25) is 4.90 Å². The predicted molar refractivity (Wildman–Crippen MR) is 194 cm³/mol. The molecule has 0 spiro atoms. The number of hydrogen-bond acceptors (Lipinski definition) is 11. The van der Waals surface area contributed by atoms with E-state index in [2.05, 4.69) is 27.0 Å². The molecular weight excluding hydrogens is 673 g/mol. The van der Waals surface area contributed by atoms with Crippen LogP contribution in [0.1, 0.15) is 103 Å². The normalized spacial score (nSPS) is 26.4. The lowest BCUT2D eigenvalue weighted by Crippen LogP contribution is -2.65. The largest absolute Gasteiger partial charge is 0.483 e. The summed E-state index contributed by atoms with van der Waals surface area (Å²) in [4.78, 5) is 44.1. The second kappa shape index (κ2) is 12.8. The van der Waals surface area contributed by atoms with Crippen molar-refractivity contribution in [1.82, 2.24) is 19.8 Å². The molecule has 0 aliphatic carbocycles. The molecular formula is C37H52N6O7S. The van der Waals surface area contributed by atoms with Gasteiger partial charge in [-0.05, 0) is 104 Å². The van der Waals surface area contributed by atoms with Crippen LogP contribution >= 0.6 is 0 Å². The minimum absolute atomic E-state index is 0.0308. The molecule has 5 aliphatic rings. The van der Waals surface area contributed by atoms with Gasteiger partial charge in [0.25, 0.3) is 0 Å². The highest BCUT2D eigenvalue weighted by Gasteiger charge is 2.49. The third-order valence-electron chi connectivity index (χ3n) is 10.7. The van der Waals surface area contributed by atoms with E-state index >= 15 is 0 Å². The van der Waals surface area contributed by atoms with Gasteiger partial charge in [0.2, 0.25) is 0 Å². The van der Waals surface area contributed by atoms with Crippen molar-refractivity contribution in [3.05, 3.63) is 35.2 Å². The topological polar surface area (TPSA) is 135 Å². The minimum Gasteiger partial charge on any atom is -0.483 e. The third kappa shape index (κ3) is 7.10. The lowest BCUT2D eigenvalue weighted by molar-refractivity contribution is -0.0366. The molecule has 0 N–H and O–H groups in total. The number of sulfone groups is 1. The molecule has 1 aromatic carbocycles. The van der Waals surface area contributed by atoms with Gasteiger partial charge in [0.1, 0.15) is 35.2 Å². The lowest BCUT2D eigenvalue weighted by Gasteiger charge is -2.51. The number of piperidine rings is 1. The Morgan fingerprint density at radius 3 is 2.06 bits per heavy atom. The van der Waals surface area contributed by atoms with Crippen LogP contribution in [0.3, 0.4) is 0 Å². The van der Waals surface area contributed by atoms with Crippen LogP contribution in [0, 0.1) is 6.92 Å². The number of rotatable bonds is 3. The molecule has 2 bridgehead atoms. The van der Waals surface area contributed by atoms with Crippen LogP contribution < -0.4 is 14.5 Å². The number of ether oxygens (including phenoxy) is 3. The highest BCUT2D eigenvalue weighted by Crippen LogP contribution is 2.51. The molecule has 2 aromatic rings. The maximum absolute atomic E-state index is 14.2. The number of carbonyl (C=O) groups excluding carboxylic acids is 2. The Morgan fingerprint density at radius 2 is 1.45 bits per heavy atom. The Bertz CT molecular complexity index is 1790. The van der Waals surface area contributed by atoms with E-state index in [-0.39, 0.29) is 23.5 Å². The van der Waals surface area contributed by atoms with E-state index in [1.165, 1.54) is 11.2 Å². The predicted octanol–water partition coefficient (Wildman–Crippen LogP) is 5.88. The van der Waals surface area contributed by atoms with Crippen molar-refractivity contribution < 1.29 is 32.2 Å². The van der Waals surface area contributed by atoms with E-state index < -0.39 is 33.2 Å². The Balaban J connectivity index is 1.19. The fourth-order valence-electron chi connectivity index (χ4n) is 8.48. The van der Waals surface area contributed by atoms with Gasteiger partial charge in [-0.25, -0.2) is 32.9 Å². The smallest absolute Gasteiger partial charge is 0.420 e. The zero-order valence-corrected chi connectivity index (χ0v) is 32.0. The van der Waals surface area contributed by atoms with Gasteiger partial charge in [0.15, 0.2) is 15.7 Å². The van der Waals surface area contributed by atoms with Crippen molar-refractivity contribution >= 4 is 39.3 Å². The van der Waals surface area contributed by atoms with E-state index in [1.54, 1.807) is 0 Å². The molecule has 278 valence electrons. The average Bonchev–Trinajstić information content (AvgIpc) is 3.16. The molecule has 51 heavy (non-hydrogen) atoms. The van der Waals surface area contributed by atoms with E-state index in [1.807, 2.05) is 65.2 Å². The van der Waals surface area contributed by atoms with Crippen molar-refractivity contribution in [3.8, 4) is 5.75 Å². The molecule has 14 heteroatoms. The van der Waals surface area contributed by atoms with E-state index in [0.717, 1.165) is 36.8 Å². The molecule has 1 aromatic heterocycles. The number of amides is 2. The number of likely N-dealkylation sites (tertiary alicyclic amines) is 1. The zero-order valence-electron chi connectivity index (χ0n) is 31.1. The van der Waals surface area contributed by atoms with Crippen LogP contribution in [0.15, 0.2) is 18.5 Å². The quantitative estimate of drug-likeness (QED) is 0.376. The Morgan fingerprint density at radius 1 is 0.863 bits per heavy atom. The first-order valence-corrected chi connectivity index (χ1v) is 20.1. The number of aryl methyl sites for hydroxylation is 1. The first-order chi connectivity index (χ1) is 23.9. The molecule has 3 atom stereocenters. The summed E-state index contributed by atoms with van der Waals surface area (Å²) in [5, 5.41) is 0. The van der Waals surface area contributed by atoms with Gasteiger partial charge in [0.05, 0.1) is 22.8 Å². The number of carbonyl (C=O) groups is 2. The number of benzene rings is 1. The number of aromatic nitrogens is 2. The Hall–Kier alpha value is -3.65. The van der Waals surface area contributed by atoms with E-state index in [4.69, 9.17) is 14.2 Å². The van der Waals surface area contributed by atoms with Gasteiger partial charge in [-0.1, -0.05) is 6.07 Å². The van der Waals surface area contributed by atoms with Gasteiger partial charge in [-0.15, -0.1) is 0 Å². The second-order valence-corrected chi connectivity index (χ2v) is 19.2. The Labute approximate surface area is 301 Å². The van der Waals surface area contributed by atoms with Crippen LogP contribution in [0.2, 0.25) is 0 Å². The van der Waals surface area contributed by atoms with Crippen molar-refractivity contribution in [2.75, 3.05) is 47.5 Å². The summed E-state index contributed by atoms with van der Waals surface area (Å²) >= 11 is 0. The molecule has 0 saturated carbocycles. The molecule has 2 amide bonds. The molecule has 7 rings (SSSR count). The number of nitrogens with zero attached hydrogens (tertiary/aromatic N) is 6. The maximum atomic E-state index is 14.2. The second-order valence-electron chi connectivity index (χ2n) is 16.9. The van der Waals surface area contributed by atoms with Gasteiger partial charge in [0, 0.05) is 44.3 Å². The number of hydrogen-bond donors (Lipinski definition) is 0.